The molecule has 24 heavy (non-hydrogen) atoms. The number of pyridine rings is 1. The topological polar surface area (TPSA) is 45.2 Å². The van der Waals surface area contributed by atoms with E-state index in [-0.39, 0.29) is 5.91 Å². The first-order chi connectivity index (χ1) is 11.8. The molecule has 1 aromatic carbocycles. The molecular formula is C20H25N3O. The molecule has 1 amide bonds. The normalized spacial score (nSPS) is 17.0. The Hall–Kier alpha value is -2.36. The molecule has 1 aliphatic heterocycles. The van der Waals surface area contributed by atoms with Gasteiger partial charge in [0.25, 0.3) is 5.91 Å². The van der Waals surface area contributed by atoms with Crippen LogP contribution in [0.15, 0.2) is 48.7 Å². The average Bonchev–Trinajstić information content (AvgIpc) is 3.09. The summed E-state index contributed by atoms with van der Waals surface area (Å²) >= 11 is 0. The molecule has 2 heterocycles. The number of nitrogens with one attached hydrogen (secondary N) is 1. The predicted molar refractivity (Wildman–Crippen MR) is 97.4 cm³/mol. The zero-order chi connectivity index (χ0) is 16.8. The minimum Gasteiger partial charge on any atom is -0.353 e. The lowest BCUT2D eigenvalue weighted by Gasteiger charge is -2.26. The van der Waals surface area contributed by atoms with Gasteiger partial charge in [0.05, 0.1) is 5.56 Å². The molecule has 4 nitrogen and oxygen atoms in total. The van der Waals surface area contributed by atoms with Crippen LogP contribution in [0.5, 0.6) is 0 Å². The number of benzene rings is 1. The van der Waals surface area contributed by atoms with Gasteiger partial charge in [-0.15, -0.1) is 0 Å². The monoisotopic (exact) mass is 323 g/mol. The zero-order valence-electron chi connectivity index (χ0n) is 14.2. The number of carbonyl (C=O) groups excluding carboxylic acids is 1. The van der Waals surface area contributed by atoms with E-state index in [1.807, 2.05) is 19.1 Å². The Morgan fingerprint density at radius 1 is 1.25 bits per heavy atom. The van der Waals surface area contributed by atoms with E-state index in [1.54, 1.807) is 6.20 Å². The third-order valence-corrected chi connectivity index (χ3v) is 4.53. The fourth-order valence-electron chi connectivity index (χ4n) is 3.27. The highest BCUT2D eigenvalue weighted by Gasteiger charge is 2.25. The molecule has 0 spiro atoms. The smallest absolute Gasteiger partial charge is 0.252 e. The van der Waals surface area contributed by atoms with Gasteiger partial charge in [-0.1, -0.05) is 37.3 Å². The van der Waals surface area contributed by atoms with Crippen molar-refractivity contribution in [2.24, 2.45) is 0 Å². The van der Waals surface area contributed by atoms with Crippen LogP contribution in [0.25, 0.3) is 0 Å². The molecule has 1 saturated heterocycles. The fraction of sp³-hybridized carbons (Fsp3) is 0.400. The minimum absolute atomic E-state index is 0.0434. The van der Waals surface area contributed by atoms with Crippen LogP contribution in [0, 0.1) is 0 Å². The van der Waals surface area contributed by atoms with Crippen LogP contribution in [0.2, 0.25) is 0 Å². The van der Waals surface area contributed by atoms with Crippen LogP contribution in [0.4, 0.5) is 5.82 Å². The van der Waals surface area contributed by atoms with Gasteiger partial charge in [-0.25, -0.2) is 4.98 Å². The van der Waals surface area contributed by atoms with Crippen LogP contribution in [0.3, 0.4) is 0 Å². The maximum absolute atomic E-state index is 12.0. The highest BCUT2D eigenvalue weighted by molar-refractivity contribution is 5.94. The number of hydrogen-bond acceptors (Lipinski definition) is 3. The van der Waals surface area contributed by atoms with Crippen molar-refractivity contribution in [3.8, 4) is 0 Å². The maximum Gasteiger partial charge on any atom is 0.252 e. The molecule has 1 aromatic heterocycles. The number of rotatable bonds is 6. The summed E-state index contributed by atoms with van der Waals surface area (Å²) in [5.74, 6) is 0.929. The number of nitrogens with zero attached hydrogens (tertiary/aromatic N) is 2. The third-order valence-electron chi connectivity index (χ3n) is 4.53. The Labute approximate surface area is 143 Å². The molecule has 0 bridgehead atoms. The van der Waals surface area contributed by atoms with E-state index in [9.17, 15) is 4.79 Å². The van der Waals surface area contributed by atoms with Gasteiger partial charge in [-0.2, -0.15) is 0 Å². The lowest BCUT2D eigenvalue weighted by Crippen LogP contribution is -2.32. The Morgan fingerprint density at radius 3 is 2.79 bits per heavy atom. The molecule has 1 atom stereocenters. The minimum atomic E-state index is -0.0434. The summed E-state index contributed by atoms with van der Waals surface area (Å²) in [7, 11) is 0. The molecule has 0 radical (unpaired) electrons. The predicted octanol–water partition coefficient (Wildman–Crippen LogP) is 3.43. The SMILES string of the molecule is CCCNC(=O)c1ccc(N2CCCC2Cc2ccccc2)nc1. The molecule has 0 saturated carbocycles. The molecule has 4 heteroatoms. The first-order valence-corrected chi connectivity index (χ1v) is 8.82. The lowest BCUT2D eigenvalue weighted by molar-refractivity contribution is 0.0953. The molecule has 1 aliphatic rings. The van der Waals surface area contributed by atoms with Crippen molar-refractivity contribution in [3.63, 3.8) is 0 Å². The quantitative estimate of drug-likeness (QED) is 0.886. The maximum atomic E-state index is 12.0. The molecule has 2 aromatic rings. The van der Waals surface area contributed by atoms with Crippen molar-refractivity contribution in [2.75, 3.05) is 18.0 Å². The number of hydrogen-bond donors (Lipinski definition) is 1. The Morgan fingerprint density at radius 2 is 2.08 bits per heavy atom. The van der Waals surface area contributed by atoms with Gasteiger partial charge in [0.1, 0.15) is 5.82 Å². The third kappa shape index (κ3) is 3.94. The van der Waals surface area contributed by atoms with Gasteiger partial charge >= 0.3 is 0 Å². The summed E-state index contributed by atoms with van der Waals surface area (Å²) in [6.45, 7) is 3.78. The Bertz CT molecular complexity index is 654. The van der Waals surface area contributed by atoms with Crippen LogP contribution in [-0.4, -0.2) is 30.0 Å². The van der Waals surface area contributed by atoms with Crippen molar-refractivity contribution in [1.29, 1.82) is 0 Å². The van der Waals surface area contributed by atoms with Gasteiger partial charge < -0.3 is 10.2 Å². The second kappa shape index (κ2) is 7.95. The summed E-state index contributed by atoms with van der Waals surface area (Å²) in [6.07, 6.45) is 6.05. The number of amides is 1. The van der Waals surface area contributed by atoms with Crippen LogP contribution < -0.4 is 10.2 Å². The summed E-state index contributed by atoms with van der Waals surface area (Å²) < 4.78 is 0. The molecule has 1 unspecified atom stereocenters. The van der Waals surface area contributed by atoms with Gasteiger partial charge in [-0.3, -0.25) is 4.79 Å². The van der Waals surface area contributed by atoms with E-state index in [2.05, 4.69) is 45.5 Å². The second-order valence-corrected chi connectivity index (χ2v) is 6.34. The summed E-state index contributed by atoms with van der Waals surface area (Å²) in [4.78, 5) is 18.9. The van der Waals surface area contributed by atoms with Crippen LogP contribution in [-0.2, 0) is 6.42 Å². The number of carbonyl (C=O) groups is 1. The molecule has 3 rings (SSSR count). The summed E-state index contributed by atoms with van der Waals surface area (Å²) in [6, 6.07) is 15.0. The molecule has 1 N–H and O–H groups in total. The largest absolute Gasteiger partial charge is 0.353 e. The molecule has 1 fully saturated rings. The molecule has 0 aliphatic carbocycles. The lowest BCUT2D eigenvalue weighted by atomic mass is 10.0. The van der Waals surface area contributed by atoms with Crippen molar-refractivity contribution in [1.82, 2.24) is 10.3 Å². The summed E-state index contributed by atoms with van der Waals surface area (Å²) in [5, 5.41) is 2.89. The van der Waals surface area contributed by atoms with Crippen molar-refractivity contribution in [3.05, 3.63) is 59.8 Å². The average molecular weight is 323 g/mol. The van der Waals surface area contributed by atoms with E-state index in [0.29, 0.717) is 18.2 Å². The van der Waals surface area contributed by atoms with Crippen LogP contribution >= 0.6 is 0 Å². The summed E-state index contributed by atoms with van der Waals surface area (Å²) in [5.41, 5.74) is 2.00. The van der Waals surface area contributed by atoms with Crippen molar-refractivity contribution >= 4 is 11.7 Å². The Balaban J connectivity index is 1.67. The highest BCUT2D eigenvalue weighted by Crippen LogP contribution is 2.26. The molecule has 126 valence electrons. The van der Waals surface area contributed by atoms with Crippen molar-refractivity contribution < 1.29 is 4.79 Å². The molecular weight excluding hydrogens is 298 g/mol. The van der Waals surface area contributed by atoms with E-state index < -0.39 is 0 Å². The van der Waals surface area contributed by atoms with Crippen molar-refractivity contribution in [2.45, 2.75) is 38.6 Å². The fourth-order valence-corrected chi connectivity index (χ4v) is 3.27. The van der Waals surface area contributed by atoms with Gasteiger partial charge in [0.15, 0.2) is 0 Å². The first kappa shape index (κ1) is 16.5. The van der Waals surface area contributed by atoms with E-state index >= 15 is 0 Å². The second-order valence-electron chi connectivity index (χ2n) is 6.34. The zero-order valence-corrected chi connectivity index (χ0v) is 14.2. The van der Waals surface area contributed by atoms with Crippen LogP contribution in [0.1, 0.15) is 42.1 Å². The Kier molecular flexibility index (Phi) is 5.47. The first-order valence-electron chi connectivity index (χ1n) is 8.82. The van der Waals surface area contributed by atoms with Gasteiger partial charge in [-0.05, 0) is 43.4 Å². The number of aromatic nitrogens is 1. The standard InChI is InChI=1S/C20H25N3O/c1-2-12-21-20(24)17-10-11-19(22-15-17)23-13-6-9-18(23)14-16-7-4-3-5-8-16/h3-5,7-8,10-11,15,18H,2,6,9,12-14H2,1H3,(H,21,24). The van der Waals surface area contributed by atoms with Gasteiger partial charge in [0, 0.05) is 25.3 Å². The number of anilines is 1. The van der Waals surface area contributed by atoms with E-state index in [4.69, 9.17) is 0 Å². The van der Waals surface area contributed by atoms with Gasteiger partial charge in [0.2, 0.25) is 0 Å². The van der Waals surface area contributed by atoms with E-state index in [1.165, 1.54) is 18.4 Å². The highest BCUT2D eigenvalue weighted by atomic mass is 16.1. The van der Waals surface area contributed by atoms with E-state index in [0.717, 1.165) is 25.2 Å².